The molecule has 0 saturated heterocycles. The molecule has 0 aliphatic carbocycles. The van der Waals surface area contributed by atoms with Gasteiger partial charge in [0.1, 0.15) is 0 Å². The highest BCUT2D eigenvalue weighted by molar-refractivity contribution is 5.43. The summed E-state index contributed by atoms with van der Waals surface area (Å²) in [6.45, 7) is 1.97. The number of nitrogens with one attached hydrogen (secondary N) is 1. The van der Waals surface area contributed by atoms with Crippen molar-refractivity contribution in [1.82, 2.24) is 5.84 Å². The lowest BCUT2D eigenvalue weighted by molar-refractivity contribution is 1.28. The Balaban J connectivity index is 2.94. The van der Waals surface area contributed by atoms with Crippen LogP contribution in [-0.4, -0.2) is 0 Å². The lowest BCUT2D eigenvalue weighted by Gasteiger charge is -1.95. The molecule has 0 amide bonds. The fraction of sp³-hybridized carbons (Fsp3) is 0.143. The summed E-state index contributed by atoms with van der Waals surface area (Å²) in [6, 6.07) is 7.52. The highest BCUT2D eigenvalue weighted by atomic mass is 15.2. The zero-order valence-corrected chi connectivity index (χ0v) is 5.26. The highest BCUT2D eigenvalue weighted by Gasteiger charge is 1.86. The third-order valence-corrected chi connectivity index (χ3v) is 1.15. The van der Waals surface area contributed by atoms with Gasteiger partial charge in [-0.1, -0.05) is 12.1 Å². The Hall–Kier alpha value is -1.02. The van der Waals surface area contributed by atoms with Gasteiger partial charge in [-0.15, -0.1) is 0 Å². The van der Waals surface area contributed by atoms with Crippen LogP contribution in [0.4, 0.5) is 5.69 Å². The molecule has 0 aliphatic rings. The molecule has 0 aromatic heterocycles. The monoisotopic (exact) mass is 120 g/mol. The molecule has 0 aliphatic heterocycles. The quantitative estimate of drug-likeness (QED) is 0.558. The van der Waals surface area contributed by atoms with E-state index >= 15 is 0 Å². The predicted octanol–water partition coefficient (Wildman–Crippen LogP) is 1.39. The van der Waals surface area contributed by atoms with Crippen molar-refractivity contribution in [3.63, 3.8) is 0 Å². The summed E-state index contributed by atoms with van der Waals surface area (Å²) in [4.78, 5) is 0. The number of rotatable bonds is 1. The number of benzene rings is 1. The molecule has 46 valence electrons. The van der Waals surface area contributed by atoms with E-state index in [1.165, 1.54) is 0 Å². The zero-order chi connectivity index (χ0) is 6.69. The lowest BCUT2D eigenvalue weighted by Crippen LogP contribution is -1.91. The van der Waals surface area contributed by atoms with Crippen molar-refractivity contribution in [1.29, 1.82) is 0 Å². The van der Waals surface area contributed by atoms with E-state index in [0.717, 1.165) is 11.3 Å². The van der Waals surface area contributed by atoms with Crippen LogP contribution in [0.3, 0.4) is 0 Å². The number of hydrogen-bond donors (Lipinski definition) is 1. The van der Waals surface area contributed by atoms with Gasteiger partial charge < -0.3 is 0 Å². The van der Waals surface area contributed by atoms with Gasteiger partial charge in [-0.3, -0.25) is 5.43 Å². The van der Waals surface area contributed by atoms with Crippen LogP contribution in [0.1, 0.15) is 5.56 Å². The number of hydrogen-bond acceptors (Lipinski definition) is 1. The molecular weight excluding hydrogens is 112 g/mol. The Bertz CT molecular complexity index is 196. The van der Waals surface area contributed by atoms with Gasteiger partial charge in [0.2, 0.25) is 0 Å². The lowest BCUT2D eigenvalue weighted by atomic mass is 10.2. The third-order valence-electron chi connectivity index (χ3n) is 1.15. The Labute approximate surface area is 54.7 Å². The van der Waals surface area contributed by atoms with Crippen LogP contribution in [0.2, 0.25) is 0 Å². The molecule has 0 saturated carbocycles. The minimum Gasteiger partial charge on any atom is -0.286 e. The van der Waals surface area contributed by atoms with E-state index < -0.39 is 0 Å². The van der Waals surface area contributed by atoms with E-state index in [0.29, 0.717) is 0 Å². The van der Waals surface area contributed by atoms with Gasteiger partial charge in [0.15, 0.2) is 0 Å². The fourth-order valence-electron chi connectivity index (χ4n) is 0.715. The first kappa shape index (κ1) is 6.11. The first-order valence-electron chi connectivity index (χ1n) is 2.79. The summed E-state index contributed by atoms with van der Waals surface area (Å²) in [6.07, 6.45) is 0. The van der Waals surface area contributed by atoms with E-state index in [1.807, 2.05) is 25.1 Å². The smallest absolute Gasteiger partial charge is 0.0522 e. The van der Waals surface area contributed by atoms with Gasteiger partial charge in [-0.25, -0.2) is 0 Å². The minimum atomic E-state index is 0.731. The SMILES string of the molecule is Cc1cccc(N[N])c1. The zero-order valence-electron chi connectivity index (χ0n) is 5.26. The molecule has 2 nitrogen and oxygen atoms in total. The van der Waals surface area contributed by atoms with Crippen LogP contribution in [0.5, 0.6) is 0 Å². The van der Waals surface area contributed by atoms with Gasteiger partial charge in [0, 0.05) is 0 Å². The maximum atomic E-state index is 8.41. The van der Waals surface area contributed by atoms with Crippen molar-refractivity contribution in [3.8, 4) is 0 Å². The summed E-state index contributed by atoms with van der Waals surface area (Å²) < 4.78 is 0. The fourth-order valence-corrected chi connectivity index (χ4v) is 0.715. The standard InChI is InChI=1S/C7H8N2/c1-6-3-2-4-7(5-6)9-8/h2-5,9H,1H3. The van der Waals surface area contributed by atoms with Crippen molar-refractivity contribution in [2.45, 2.75) is 6.92 Å². The molecule has 1 rings (SSSR count). The Morgan fingerprint density at radius 2 is 2.22 bits per heavy atom. The van der Waals surface area contributed by atoms with Crippen LogP contribution in [0.25, 0.3) is 0 Å². The maximum Gasteiger partial charge on any atom is 0.0522 e. The predicted molar refractivity (Wildman–Crippen MR) is 36.9 cm³/mol. The molecule has 1 aromatic carbocycles. The summed E-state index contributed by atoms with van der Waals surface area (Å²) in [5, 5.41) is 0. The van der Waals surface area contributed by atoms with Crippen molar-refractivity contribution < 1.29 is 0 Å². The summed E-state index contributed by atoms with van der Waals surface area (Å²) in [7, 11) is 0. The van der Waals surface area contributed by atoms with Crippen molar-refractivity contribution >= 4 is 5.69 Å². The molecule has 0 bridgehead atoms. The average molecular weight is 120 g/mol. The van der Waals surface area contributed by atoms with Gasteiger partial charge in [0.25, 0.3) is 0 Å². The second-order valence-electron chi connectivity index (χ2n) is 1.98. The van der Waals surface area contributed by atoms with Gasteiger partial charge in [0.05, 0.1) is 5.69 Å². The van der Waals surface area contributed by atoms with Gasteiger partial charge in [-0.2, -0.15) is 0 Å². The molecule has 2 radical (unpaired) electrons. The molecule has 0 atom stereocenters. The third kappa shape index (κ3) is 1.44. The molecule has 1 N–H and O–H groups in total. The van der Waals surface area contributed by atoms with Gasteiger partial charge >= 0.3 is 0 Å². The topological polar surface area (TPSA) is 34.3 Å². The number of anilines is 1. The molecule has 0 spiro atoms. The number of nitrogens with zero attached hydrogens (tertiary/aromatic N) is 1. The van der Waals surface area contributed by atoms with E-state index in [-0.39, 0.29) is 0 Å². The molecule has 0 unspecified atom stereocenters. The molecule has 9 heavy (non-hydrogen) atoms. The van der Waals surface area contributed by atoms with Crippen LogP contribution < -0.4 is 11.3 Å². The normalized spacial score (nSPS) is 9.11. The summed E-state index contributed by atoms with van der Waals surface area (Å²) >= 11 is 0. The molecule has 2 heteroatoms. The second-order valence-corrected chi connectivity index (χ2v) is 1.98. The van der Waals surface area contributed by atoms with E-state index in [9.17, 15) is 0 Å². The highest BCUT2D eigenvalue weighted by Crippen LogP contribution is 2.06. The Morgan fingerprint density at radius 3 is 2.67 bits per heavy atom. The second kappa shape index (κ2) is 2.51. The van der Waals surface area contributed by atoms with Crippen LogP contribution >= 0.6 is 0 Å². The van der Waals surface area contributed by atoms with Crippen LogP contribution in [-0.2, 0) is 0 Å². The van der Waals surface area contributed by atoms with Crippen molar-refractivity contribution in [2.75, 3.05) is 5.43 Å². The average Bonchev–Trinajstić information content (AvgIpc) is 1.88. The van der Waals surface area contributed by atoms with Crippen molar-refractivity contribution in [2.24, 2.45) is 0 Å². The summed E-state index contributed by atoms with van der Waals surface area (Å²) in [5.74, 6) is 8.41. The number of aryl methyl sites for hydroxylation is 1. The van der Waals surface area contributed by atoms with E-state index in [1.54, 1.807) is 6.07 Å². The van der Waals surface area contributed by atoms with Crippen molar-refractivity contribution in [3.05, 3.63) is 29.8 Å². The van der Waals surface area contributed by atoms with Gasteiger partial charge in [-0.05, 0) is 30.5 Å². The Kier molecular flexibility index (Phi) is 1.70. The van der Waals surface area contributed by atoms with E-state index in [2.05, 4.69) is 5.43 Å². The maximum absolute atomic E-state index is 8.41. The van der Waals surface area contributed by atoms with E-state index in [4.69, 9.17) is 5.84 Å². The Morgan fingerprint density at radius 1 is 1.44 bits per heavy atom. The van der Waals surface area contributed by atoms with Crippen LogP contribution in [0.15, 0.2) is 24.3 Å². The largest absolute Gasteiger partial charge is 0.286 e. The molecule has 1 aromatic rings. The first-order valence-corrected chi connectivity index (χ1v) is 2.79. The molecular formula is C7H8N2. The molecule has 0 fully saturated rings. The minimum absolute atomic E-state index is 0.731. The molecule has 0 heterocycles. The van der Waals surface area contributed by atoms with Crippen LogP contribution in [0, 0.1) is 6.92 Å². The first-order chi connectivity index (χ1) is 4.33. The summed E-state index contributed by atoms with van der Waals surface area (Å²) in [5.41, 5.74) is 3.93.